The summed E-state index contributed by atoms with van der Waals surface area (Å²) in [7, 11) is 0. The summed E-state index contributed by atoms with van der Waals surface area (Å²) in [6.45, 7) is 7.64. The minimum atomic E-state index is 0.175. The number of nitrogens with zero attached hydrogens (tertiary/aromatic N) is 1. The monoisotopic (exact) mass is 226 g/mol. The van der Waals surface area contributed by atoms with Gasteiger partial charge < -0.3 is 15.0 Å². The molecule has 0 aromatic heterocycles. The van der Waals surface area contributed by atoms with Crippen LogP contribution in [0.15, 0.2) is 0 Å². The fourth-order valence-corrected chi connectivity index (χ4v) is 2.65. The van der Waals surface area contributed by atoms with Crippen LogP contribution in [0.1, 0.15) is 26.7 Å². The Kier molecular flexibility index (Phi) is 3.82. The summed E-state index contributed by atoms with van der Waals surface area (Å²) >= 11 is 0. The Labute approximate surface area is 97.3 Å². The number of rotatable bonds is 2. The Morgan fingerprint density at radius 3 is 2.62 bits per heavy atom. The van der Waals surface area contributed by atoms with Gasteiger partial charge in [0.05, 0.1) is 12.2 Å². The van der Waals surface area contributed by atoms with Crippen LogP contribution in [-0.2, 0) is 9.53 Å². The fourth-order valence-electron chi connectivity index (χ4n) is 2.65. The van der Waals surface area contributed by atoms with Crippen molar-refractivity contribution in [2.24, 2.45) is 5.92 Å². The molecule has 2 aliphatic rings. The second-order valence-corrected chi connectivity index (χ2v) is 5.12. The van der Waals surface area contributed by atoms with Crippen LogP contribution < -0.4 is 5.32 Å². The van der Waals surface area contributed by atoms with Gasteiger partial charge in [-0.25, -0.2) is 0 Å². The van der Waals surface area contributed by atoms with E-state index in [-0.39, 0.29) is 12.2 Å². The Bertz CT molecular complexity index is 241. The standard InChI is InChI=1S/C12H22N2O2/c1-9-7-14(8-10(2)16-9)12(15)5-11-3-4-13-6-11/h9-11,13H,3-8H2,1-2H3. The molecule has 1 amide bonds. The first kappa shape index (κ1) is 11.9. The lowest BCUT2D eigenvalue weighted by molar-refractivity contribution is -0.144. The van der Waals surface area contributed by atoms with Gasteiger partial charge in [0.1, 0.15) is 0 Å². The van der Waals surface area contributed by atoms with Gasteiger partial charge in [0.2, 0.25) is 5.91 Å². The third-order valence-corrected chi connectivity index (χ3v) is 3.40. The minimum Gasteiger partial charge on any atom is -0.372 e. The van der Waals surface area contributed by atoms with Gasteiger partial charge in [-0.1, -0.05) is 0 Å². The van der Waals surface area contributed by atoms with Crippen molar-refractivity contribution in [3.8, 4) is 0 Å². The van der Waals surface area contributed by atoms with E-state index in [4.69, 9.17) is 4.74 Å². The molecule has 2 saturated heterocycles. The van der Waals surface area contributed by atoms with Crippen LogP contribution in [0, 0.1) is 5.92 Å². The molecule has 3 unspecified atom stereocenters. The average molecular weight is 226 g/mol. The summed E-state index contributed by atoms with van der Waals surface area (Å²) in [5.74, 6) is 0.844. The van der Waals surface area contributed by atoms with Gasteiger partial charge in [-0.15, -0.1) is 0 Å². The molecule has 0 radical (unpaired) electrons. The number of amides is 1. The molecule has 0 aliphatic carbocycles. The number of hydrogen-bond donors (Lipinski definition) is 1. The molecule has 0 saturated carbocycles. The fraction of sp³-hybridized carbons (Fsp3) is 0.917. The molecule has 2 rings (SSSR count). The van der Waals surface area contributed by atoms with Gasteiger partial charge in [0.25, 0.3) is 0 Å². The van der Waals surface area contributed by atoms with Crippen molar-refractivity contribution in [2.45, 2.75) is 38.9 Å². The second-order valence-electron chi connectivity index (χ2n) is 5.12. The normalized spacial score (nSPS) is 35.4. The summed E-state index contributed by atoms with van der Waals surface area (Å²) < 4.78 is 5.63. The van der Waals surface area contributed by atoms with Gasteiger partial charge in [-0.2, -0.15) is 0 Å². The molecule has 16 heavy (non-hydrogen) atoms. The first-order valence-electron chi connectivity index (χ1n) is 6.29. The lowest BCUT2D eigenvalue weighted by Gasteiger charge is -2.35. The molecular weight excluding hydrogens is 204 g/mol. The van der Waals surface area contributed by atoms with Crippen molar-refractivity contribution >= 4 is 5.91 Å². The van der Waals surface area contributed by atoms with Gasteiger partial charge in [0, 0.05) is 19.5 Å². The van der Waals surface area contributed by atoms with Crippen LogP contribution in [-0.4, -0.2) is 49.2 Å². The van der Waals surface area contributed by atoms with E-state index < -0.39 is 0 Å². The van der Waals surface area contributed by atoms with Crippen molar-refractivity contribution in [1.82, 2.24) is 10.2 Å². The third-order valence-electron chi connectivity index (χ3n) is 3.40. The molecule has 3 atom stereocenters. The van der Waals surface area contributed by atoms with E-state index in [0.717, 1.165) is 32.6 Å². The summed E-state index contributed by atoms with van der Waals surface area (Å²) in [5, 5.41) is 3.30. The van der Waals surface area contributed by atoms with Gasteiger partial charge >= 0.3 is 0 Å². The molecule has 92 valence electrons. The highest BCUT2D eigenvalue weighted by atomic mass is 16.5. The highest BCUT2D eigenvalue weighted by Crippen LogP contribution is 2.17. The average Bonchev–Trinajstić information content (AvgIpc) is 2.68. The number of ether oxygens (including phenoxy) is 1. The van der Waals surface area contributed by atoms with Crippen molar-refractivity contribution in [3.05, 3.63) is 0 Å². The summed E-state index contributed by atoms with van der Waals surface area (Å²) in [4.78, 5) is 14.1. The first-order chi connectivity index (χ1) is 7.65. The Morgan fingerprint density at radius 1 is 1.38 bits per heavy atom. The van der Waals surface area contributed by atoms with Crippen molar-refractivity contribution in [3.63, 3.8) is 0 Å². The van der Waals surface area contributed by atoms with E-state index in [1.165, 1.54) is 0 Å². The molecule has 0 aromatic carbocycles. The van der Waals surface area contributed by atoms with Crippen LogP contribution in [0.5, 0.6) is 0 Å². The number of hydrogen-bond acceptors (Lipinski definition) is 3. The Balaban J connectivity index is 1.83. The SMILES string of the molecule is CC1CN(C(=O)CC2CCNC2)CC(C)O1. The first-order valence-corrected chi connectivity index (χ1v) is 6.29. The number of morpholine rings is 1. The van der Waals surface area contributed by atoms with Crippen LogP contribution in [0.3, 0.4) is 0 Å². The molecule has 2 fully saturated rings. The van der Waals surface area contributed by atoms with Gasteiger partial charge in [-0.05, 0) is 39.3 Å². The van der Waals surface area contributed by atoms with E-state index in [0.29, 0.717) is 18.2 Å². The molecule has 4 heteroatoms. The van der Waals surface area contributed by atoms with E-state index in [1.807, 2.05) is 18.7 Å². The largest absolute Gasteiger partial charge is 0.372 e. The molecule has 0 aromatic rings. The van der Waals surface area contributed by atoms with E-state index in [1.54, 1.807) is 0 Å². The Morgan fingerprint density at radius 2 is 2.06 bits per heavy atom. The van der Waals surface area contributed by atoms with Gasteiger partial charge in [0.15, 0.2) is 0 Å². The molecule has 2 aliphatic heterocycles. The quantitative estimate of drug-likeness (QED) is 0.750. The minimum absolute atomic E-state index is 0.175. The summed E-state index contributed by atoms with van der Waals surface area (Å²) in [6, 6.07) is 0. The topological polar surface area (TPSA) is 41.6 Å². The predicted molar refractivity (Wildman–Crippen MR) is 62.2 cm³/mol. The smallest absolute Gasteiger partial charge is 0.223 e. The molecule has 4 nitrogen and oxygen atoms in total. The van der Waals surface area contributed by atoms with Crippen LogP contribution >= 0.6 is 0 Å². The summed E-state index contributed by atoms with van der Waals surface area (Å²) in [6.07, 6.45) is 2.19. The van der Waals surface area contributed by atoms with E-state index in [2.05, 4.69) is 5.32 Å². The lowest BCUT2D eigenvalue weighted by Crippen LogP contribution is -2.48. The maximum atomic E-state index is 12.1. The van der Waals surface area contributed by atoms with Gasteiger partial charge in [-0.3, -0.25) is 4.79 Å². The Hall–Kier alpha value is -0.610. The number of carbonyl (C=O) groups excluding carboxylic acids is 1. The number of nitrogens with one attached hydrogen (secondary N) is 1. The highest BCUT2D eigenvalue weighted by molar-refractivity contribution is 5.76. The van der Waals surface area contributed by atoms with Crippen molar-refractivity contribution < 1.29 is 9.53 Å². The molecule has 0 spiro atoms. The second kappa shape index (κ2) is 5.15. The van der Waals surface area contributed by atoms with Crippen molar-refractivity contribution in [1.29, 1.82) is 0 Å². The maximum absolute atomic E-state index is 12.1. The number of carbonyl (C=O) groups is 1. The summed E-state index contributed by atoms with van der Waals surface area (Å²) in [5.41, 5.74) is 0. The zero-order chi connectivity index (χ0) is 11.5. The van der Waals surface area contributed by atoms with Crippen LogP contribution in [0.4, 0.5) is 0 Å². The van der Waals surface area contributed by atoms with Crippen LogP contribution in [0.25, 0.3) is 0 Å². The molecule has 1 N–H and O–H groups in total. The lowest BCUT2D eigenvalue weighted by atomic mass is 10.0. The van der Waals surface area contributed by atoms with Crippen molar-refractivity contribution in [2.75, 3.05) is 26.2 Å². The maximum Gasteiger partial charge on any atom is 0.223 e. The zero-order valence-electron chi connectivity index (χ0n) is 10.2. The van der Waals surface area contributed by atoms with E-state index in [9.17, 15) is 4.79 Å². The predicted octanol–water partition coefficient (Wildman–Crippen LogP) is 0.622. The molecule has 0 bridgehead atoms. The van der Waals surface area contributed by atoms with Crippen LogP contribution in [0.2, 0.25) is 0 Å². The highest BCUT2D eigenvalue weighted by Gasteiger charge is 2.28. The molecule has 2 heterocycles. The zero-order valence-corrected chi connectivity index (χ0v) is 10.2. The molecular formula is C12H22N2O2. The third kappa shape index (κ3) is 2.95. The van der Waals surface area contributed by atoms with E-state index >= 15 is 0 Å².